The van der Waals surface area contributed by atoms with E-state index in [1.807, 2.05) is 9.80 Å². The number of hydrogen-bond donors (Lipinski definition) is 2. The van der Waals surface area contributed by atoms with Crippen molar-refractivity contribution < 1.29 is 32.2 Å². The number of piperidine rings is 1. The van der Waals surface area contributed by atoms with Gasteiger partial charge in [0.2, 0.25) is 5.95 Å². The molecule has 2 amide bonds. The minimum absolute atomic E-state index is 0.0271. The summed E-state index contributed by atoms with van der Waals surface area (Å²) in [7, 11) is 0. The molecule has 3 aliphatic heterocycles. The van der Waals surface area contributed by atoms with Crippen molar-refractivity contribution in [3.8, 4) is 0 Å². The fourth-order valence-electron chi connectivity index (χ4n) is 4.49. The Kier molecular flexibility index (Phi) is 7.99. The largest absolute Gasteiger partial charge is 0.419 e. The molecular formula is C21H28ClF3N6O4. The molecule has 0 spiro atoms. The second-order valence-corrected chi connectivity index (χ2v) is 9.36. The first-order valence-corrected chi connectivity index (χ1v) is 12.0. The fourth-order valence-corrected chi connectivity index (χ4v) is 4.69. The lowest BCUT2D eigenvalue weighted by Crippen LogP contribution is -2.57. The predicted octanol–water partition coefficient (Wildman–Crippen LogP) is 1.10. The minimum atomic E-state index is -4.47. The van der Waals surface area contributed by atoms with E-state index in [0.29, 0.717) is 45.4 Å². The number of nitrogens with one attached hydrogen (secondary N) is 2. The van der Waals surface area contributed by atoms with Gasteiger partial charge in [-0.2, -0.15) is 13.2 Å². The monoisotopic (exact) mass is 520 g/mol. The summed E-state index contributed by atoms with van der Waals surface area (Å²) in [5.74, 6) is -0.173. The van der Waals surface area contributed by atoms with Crippen molar-refractivity contribution in [2.24, 2.45) is 0 Å². The van der Waals surface area contributed by atoms with Gasteiger partial charge in [0.15, 0.2) is 0 Å². The summed E-state index contributed by atoms with van der Waals surface area (Å²) in [4.78, 5) is 35.9. The van der Waals surface area contributed by atoms with Gasteiger partial charge < -0.3 is 19.3 Å². The number of ether oxygens (including phenoxy) is 2. The average molecular weight is 521 g/mol. The van der Waals surface area contributed by atoms with Gasteiger partial charge in [-0.15, -0.1) is 11.6 Å². The zero-order valence-electron chi connectivity index (χ0n) is 19.1. The van der Waals surface area contributed by atoms with Crippen LogP contribution in [0.25, 0.3) is 0 Å². The van der Waals surface area contributed by atoms with E-state index in [1.165, 1.54) is 0 Å². The smallest absolute Gasteiger partial charge is 0.369 e. The quantitative estimate of drug-likeness (QED) is 0.515. The third kappa shape index (κ3) is 6.13. The lowest BCUT2D eigenvalue weighted by molar-refractivity contribution is -0.143. The molecule has 0 bridgehead atoms. The molecular weight excluding hydrogens is 493 g/mol. The number of anilines is 1. The normalized spacial score (nSPS) is 27.3. The van der Waals surface area contributed by atoms with Crippen LogP contribution in [-0.2, 0) is 25.2 Å². The molecule has 0 aromatic carbocycles. The molecule has 4 atom stereocenters. The summed E-state index contributed by atoms with van der Waals surface area (Å²) < 4.78 is 49.8. The van der Waals surface area contributed by atoms with Crippen molar-refractivity contribution in [1.29, 1.82) is 0 Å². The number of rotatable bonds is 7. The zero-order chi connectivity index (χ0) is 25.2. The molecule has 14 heteroatoms. The van der Waals surface area contributed by atoms with Crippen LogP contribution in [0.2, 0.25) is 0 Å². The molecule has 194 valence electrons. The van der Waals surface area contributed by atoms with Crippen molar-refractivity contribution >= 4 is 29.4 Å². The highest BCUT2D eigenvalue weighted by Crippen LogP contribution is 2.29. The van der Waals surface area contributed by atoms with Crippen LogP contribution in [0.15, 0.2) is 12.4 Å². The molecule has 2 N–H and O–H groups in total. The first-order valence-electron chi connectivity index (χ1n) is 11.5. The third-order valence-electron chi connectivity index (χ3n) is 6.38. The van der Waals surface area contributed by atoms with Gasteiger partial charge in [-0.25, -0.2) is 15.4 Å². The Morgan fingerprint density at radius 3 is 2.51 bits per heavy atom. The molecule has 1 aromatic rings. The summed E-state index contributed by atoms with van der Waals surface area (Å²) in [5.41, 5.74) is 4.28. The van der Waals surface area contributed by atoms with Crippen LogP contribution in [-0.4, -0.2) is 89.2 Å². The van der Waals surface area contributed by atoms with Crippen molar-refractivity contribution in [3.05, 3.63) is 18.0 Å². The third-order valence-corrected chi connectivity index (χ3v) is 6.85. The second kappa shape index (κ2) is 10.8. The van der Waals surface area contributed by atoms with Gasteiger partial charge in [0, 0.05) is 51.0 Å². The fraction of sp³-hybridized carbons (Fsp3) is 0.714. The SMILES string of the molecule is C[C@@H](CO[C@@H]1CCN(C2CCN(c3ncc(C(F)(F)F)cn3)CC2)C1=O)OC1CNNC(=O)C1Cl. The Bertz CT molecular complexity index is 900. The van der Waals surface area contributed by atoms with Crippen LogP contribution >= 0.6 is 11.6 Å². The Morgan fingerprint density at radius 1 is 1.17 bits per heavy atom. The molecule has 4 heterocycles. The van der Waals surface area contributed by atoms with E-state index in [2.05, 4.69) is 20.8 Å². The summed E-state index contributed by atoms with van der Waals surface area (Å²) in [6.07, 6.45) is -2.42. The maximum atomic E-state index is 12.9. The van der Waals surface area contributed by atoms with E-state index >= 15 is 0 Å². The van der Waals surface area contributed by atoms with E-state index in [0.717, 1.165) is 12.4 Å². The number of hydrazine groups is 1. The van der Waals surface area contributed by atoms with E-state index < -0.39 is 29.3 Å². The van der Waals surface area contributed by atoms with Crippen LogP contribution in [0.5, 0.6) is 0 Å². The number of hydrogen-bond acceptors (Lipinski definition) is 8. The molecule has 3 aliphatic rings. The van der Waals surface area contributed by atoms with E-state index in [-0.39, 0.29) is 36.5 Å². The van der Waals surface area contributed by atoms with Crippen LogP contribution in [0.4, 0.5) is 19.1 Å². The molecule has 2 unspecified atom stereocenters. The maximum Gasteiger partial charge on any atom is 0.419 e. The Morgan fingerprint density at radius 2 is 1.86 bits per heavy atom. The minimum Gasteiger partial charge on any atom is -0.369 e. The number of aromatic nitrogens is 2. The van der Waals surface area contributed by atoms with E-state index in [9.17, 15) is 22.8 Å². The standard InChI is InChI=1S/C21H28ClF3N6O4/c1-12(35-16-10-28-29-18(32)17(16)22)11-34-15-4-7-31(19(15)33)14-2-5-30(6-3-14)20-26-8-13(9-27-20)21(23,24)25/h8-9,12,14-17,28H,2-7,10-11H2,1H3,(H,29,32)/t12-,15+,16?,17?/m0/s1. The molecule has 3 fully saturated rings. The first-order chi connectivity index (χ1) is 16.6. The van der Waals surface area contributed by atoms with Gasteiger partial charge in [0.25, 0.3) is 11.8 Å². The molecule has 0 aliphatic carbocycles. The summed E-state index contributed by atoms with van der Waals surface area (Å²) in [5, 5.41) is -0.804. The number of halogens is 4. The number of nitrogens with zero attached hydrogens (tertiary/aromatic N) is 4. The summed E-state index contributed by atoms with van der Waals surface area (Å²) >= 11 is 6.07. The number of carbonyl (C=O) groups is 2. The second-order valence-electron chi connectivity index (χ2n) is 8.89. The Balaban J connectivity index is 1.21. The lowest BCUT2D eigenvalue weighted by Gasteiger charge is -2.36. The topological polar surface area (TPSA) is 109 Å². The number of amides is 2. The van der Waals surface area contributed by atoms with Gasteiger partial charge in [-0.05, 0) is 19.8 Å². The zero-order valence-corrected chi connectivity index (χ0v) is 19.9. The molecule has 3 saturated heterocycles. The summed E-state index contributed by atoms with van der Waals surface area (Å²) in [6.45, 7) is 4.02. The average Bonchev–Trinajstić information content (AvgIpc) is 3.20. The van der Waals surface area contributed by atoms with Crippen LogP contribution in [0, 0.1) is 0 Å². The molecule has 1 aromatic heterocycles. The molecule has 10 nitrogen and oxygen atoms in total. The highest BCUT2D eigenvalue weighted by Gasteiger charge is 2.39. The molecule has 4 rings (SSSR count). The van der Waals surface area contributed by atoms with Gasteiger partial charge >= 0.3 is 6.18 Å². The van der Waals surface area contributed by atoms with Crippen molar-refractivity contribution in [2.45, 2.75) is 62.1 Å². The highest BCUT2D eigenvalue weighted by atomic mass is 35.5. The lowest BCUT2D eigenvalue weighted by atomic mass is 10.0. The van der Waals surface area contributed by atoms with Gasteiger partial charge in [-0.3, -0.25) is 15.0 Å². The molecule has 0 saturated carbocycles. The van der Waals surface area contributed by atoms with Crippen LogP contribution < -0.4 is 15.8 Å². The van der Waals surface area contributed by atoms with Gasteiger partial charge in [0.05, 0.1) is 24.4 Å². The van der Waals surface area contributed by atoms with E-state index in [4.69, 9.17) is 21.1 Å². The van der Waals surface area contributed by atoms with Crippen molar-refractivity contribution in [2.75, 3.05) is 37.7 Å². The Labute approximate surface area is 205 Å². The highest BCUT2D eigenvalue weighted by molar-refractivity contribution is 6.31. The van der Waals surface area contributed by atoms with Gasteiger partial charge in [0.1, 0.15) is 11.5 Å². The Hall–Kier alpha value is -2.22. The van der Waals surface area contributed by atoms with Crippen molar-refractivity contribution in [1.82, 2.24) is 25.7 Å². The van der Waals surface area contributed by atoms with Crippen LogP contribution in [0.3, 0.4) is 0 Å². The van der Waals surface area contributed by atoms with Crippen molar-refractivity contribution in [3.63, 3.8) is 0 Å². The predicted molar refractivity (Wildman–Crippen MR) is 118 cm³/mol. The number of carbonyl (C=O) groups excluding carboxylic acids is 2. The number of likely N-dealkylation sites (tertiary alicyclic amines) is 1. The maximum absolute atomic E-state index is 12.9. The van der Waals surface area contributed by atoms with E-state index in [1.54, 1.807) is 6.92 Å². The molecule has 35 heavy (non-hydrogen) atoms. The summed E-state index contributed by atoms with van der Waals surface area (Å²) in [6, 6.07) is 0.0271. The first kappa shape index (κ1) is 25.9. The number of alkyl halides is 4. The van der Waals surface area contributed by atoms with Crippen LogP contribution in [0.1, 0.15) is 31.7 Å². The molecule has 0 radical (unpaired) electrons. The van der Waals surface area contributed by atoms with Gasteiger partial charge in [-0.1, -0.05) is 0 Å².